The van der Waals surface area contributed by atoms with Crippen LogP contribution >= 0.6 is 0 Å². The second-order valence-corrected chi connectivity index (χ2v) is 8.46. The first-order valence-electron chi connectivity index (χ1n) is 9.37. The number of rotatable bonds is 6. The van der Waals surface area contributed by atoms with Crippen molar-refractivity contribution in [3.8, 4) is 5.75 Å². The molecule has 3 heteroatoms. The third-order valence-corrected chi connectivity index (χ3v) is 5.17. The van der Waals surface area contributed by atoms with Crippen LogP contribution in [0.25, 0.3) is 0 Å². The first-order valence-corrected chi connectivity index (χ1v) is 9.37. The van der Waals surface area contributed by atoms with Gasteiger partial charge in [-0.3, -0.25) is 0 Å². The fourth-order valence-corrected chi connectivity index (χ4v) is 4.08. The average Bonchev–Trinajstić information content (AvgIpc) is 2.51. The normalized spacial score (nSPS) is 22.8. The van der Waals surface area contributed by atoms with Crippen LogP contribution in [0.15, 0.2) is 24.3 Å². The summed E-state index contributed by atoms with van der Waals surface area (Å²) in [5.74, 6) is 0.692. The zero-order valence-electron chi connectivity index (χ0n) is 15.8. The first-order chi connectivity index (χ1) is 11.3. The standard InChI is InChI=1S/C21H33NO2/c1-5-6-10-17-11-7-8-12-18(17)24-19(23)22-16-21(4)14-9-13-20(2,3)15-21/h7-8,11-12H,5-6,9-10,13-16H2,1-4H3,(H,22,23). The lowest BCUT2D eigenvalue weighted by molar-refractivity contribution is 0.0969. The van der Waals surface area contributed by atoms with Crippen molar-refractivity contribution in [2.45, 2.75) is 72.6 Å². The van der Waals surface area contributed by atoms with Gasteiger partial charge in [0.05, 0.1) is 0 Å². The molecule has 1 N–H and O–H groups in total. The van der Waals surface area contributed by atoms with Crippen molar-refractivity contribution >= 4 is 6.09 Å². The van der Waals surface area contributed by atoms with E-state index in [4.69, 9.17) is 4.74 Å². The molecule has 2 rings (SSSR count). The predicted molar refractivity (Wildman–Crippen MR) is 99.4 cm³/mol. The molecule has 0 aliphatic heterocycles. The lowest BCUT2D eigenvalue weighted by Crippen LogP contribution is -2.41. The van der Waals surface area contributed by atoms with Crippen molar-refractivity contribution < 1.29 is 9.53 Å². The highest BCUT2D eigenvalue weighted by atomic mass is 16.6. The summed E-state index contributed by atoms with van der Waals surface area (Å²) in [4.78, 5) is 12.3. The fourth-order valence-electron chi connectivity index (χ4n) is 4.08. The molecule has 1 aliphatic rings. The van der Waals surface area contributed by atoms with Crippen LogP contribution in [0, 0.1) is 10.8 Å². The molecule has 0 aromatic heterocycles. The molecule has 1 unspecified atom stereocenters. The molecule has 0 heterocycles. The zero-order valence-corrected chi connectivity index (χ0v) is 15.8. The number of ether oxygens (including phenoxy) is 1. The molecular weight excluding hydrogens is 298 g/mol. The molecule has 1 saturated carbocycles. The van der Waals surface area contributed by atoms with Crippen molar-refractivity contribution in [2.24, 2.45) is 10.8 Å². The number of amides is 1. The van der Waals surface area contributed by atoms with Crippen LogP contribution in [0.3, 0.4) is 0 Å². The minimum atomic E-state index is -0.330. The Balaban J connectivity index is 1.90. The van der Waals surface area contributed by atoms with E-state index in [9.17, 15) is 4.79 Å². The Bertz CT molecular complexity index is 553. The lowest BCUT2D eigenvalue weighted by Gasteiger charge is -2.42. The molecule has 1 aliphatic carbocycles. The van der Waals surface area contributed by atoms with Gasteiger partial charge in [0, 0.05) is 6.54 Å². The van der Waals surface area contributed by atoms with Crippen LogP contribution in [0.4, 0.5) is 4.79 Å². The summed E-state index contributed by atoms with van der Waals surface area (Å²) in [6, 6.07) is 7.85. The van der Waals surface area contributed by atoms with Gasteiger partial charge >= 0.3 is 6.09 Å². The maximum atomic E-state index is 12.3. The Morgan fingerprint density at radius 3 is 2.67 bits per heavy atom. The number of unbranched alkanes of at least 4 members (excludes halogenated alkanes) is 1. The predicted octanol–water partition coefficient (Wildman–Crippen LogP) is 5.72. The van der Waals surface area contributed by atoms with E-state index < -0.39 is 0 Å². The number of hydrogen-bond acceptors (Lipinski definition) is 2. The molecule has 1 fully saturated rings. The van der Waals surface area contributed by atoms with E-state index >= 15 is 0 Å². The van der Waals surface area contributed by atoms with Gasteiger partial charge in [-0.25, -0.2) is 4.79 Å². The molecule has 1 amide bonds. The quantitative estimate of drug-likeness (QED) is 0.723. The van der Waals surface area contributed by atoms with Crippen LogP contribution < -0.4 is 10.1 Å². The van der Waals surface area contributed by atoms with Crippen LogP contribution in [-0.2, 0) is 6.42 Å². The maximum Gasteiger partial charge on any atom is 0.412 e. The molecule has 1 aromatic carbocycles. The number of para-hydroxylation sites is 1. The molecule has 134 valence electrons. The van der Waals surface area contributed by atoms with Gasteiger partial charge in [-0.15, -0.1) is 0 Å². The summed E-state index contributed by atoms with van der Waals surface area (Å²) in [7, 11) is 0. The monoisotopic (exact) mass is 331 g/mol. The smallest absolute Gasteiger partial charge is 0.410 e. The van der Waals surface area contributed by atoms with Crippen LogP contribution in [0.2, 0.25) is 0 Å². The second-order valence-electron chi connectivity index (χ2n) is 8.46. The fraction of sp³-hybridized carbons (Fsp3) is 0.667. The van der Waals surface area contributed by atoms with E-state index in [-0.39, 0.29) is 11.5 Å². The van der Waals surface area contributed by atoms with Gasteiger partial charge in [-0.1, -0.05) is 58.7 Å². The van der Waals surface area contributed by atoms with Gasteiger partial charge in [-0.2, -0.15) is 0 Å². The number of hydrogen-bond donors (Lipinski definition) is 1. The Morgan fingerprint density at radius 2 is 1.96 bits per heavy atom. The number of aryl methyl sites for hydroxylation is 1. The van der Waals surface area contributed by atoms with Crippen LogP contribution in [-0.4, -0.2) is 12.6 Å². The van der Waals surface area contributed by atoms with E-state index in [0.29, 0.717) is 17.7 Å². The summed E-state index contributed by atoms with van der Waals surface area (Å²) >= 11 is 0. The molecule has 0 radical (unpaired) electrons. The largest absolute Gasteiger partial charge is 0.412 e. The van der Waals surface area contributed by atoms with Crippen molar-refractivity contribution in [3.05, 3.63) is 29.8 Å². The minimum Gasteiger partial charge on any atom is -0.410 e. The van der Waals surface area contributed by atoms with Gasteiger partial charge in [0.15, 0.2) is 0 Å². The van der Waals surface area contributed by atoms with E-state index in [1.165, 1.54) is 19.3 Å². The minimum absolute atomic E-state index is 0.169. The third-order valence-electron chi connectivity index (χ3n) is 5.17. The Labute approximate surface area is 147 Å². The van der Waals surface area contributed by atoms with Crippen LogP contribution in [0.1, 0.15) is 71.8 Å². The Kier molecular flexibility index (Phi) is 6.31. The highest BCUT2D eigenvalue weighted by Crippen LogP contribution is 2.45. The topological polar surface area (TPSA) is 38.3 Å². The average molecular weight is 332 g/mol. The molecule has 0 bridgehead atoms. The summed E-state index contributed by atoms with van der Waals surface area (Å²) < 4.78 is 5.58. The highest BCUT2D eigenvalue weighted by molar-refractivity contribution is 5.70. The summed E-state index contributed by atoms with van der Waals surface area (Å²) in [5, 5.41) is 3.00. The third kappa shape index (κ3) is 5.54. The number of benzene rings is 1. The van der Waals surface area contributed by atoms with E-state index in [0.717, 1.165) is 31.2 Å². The van der Waals surface area contributed by atoms with Crippen LogP contribution in [0.5, 0.6) is 5.75 Å². The summed E-state index contributed by atoms with van der Waals surface area (Å²) in [6.45, 7) is 9.79. The van der Waals surface area contributed by atoms with E-state index in [2.05, 4.69) is 33.0 Å². The highest BCUT2D eigenvalue weighted by Gasteiger charge is 2.36. The van der Waals surface area contributed by atoms with E-state index in [1.54, 1.807) is 0 Å². The molecule has 1 atom stereocenters. The van der Waals surface area contributed by atoms with Crippen molar-refractivity contribution in [1.29, 1.82) is 0 Å². The number of nitrogens with one attached hydrogen (secondary N) is 1. The zero-order chi connectivity index (χ0) is 17.6. The molecule has 1 aromatic rings. The van der Waals surface area contributed by atoms with Gasteiger partial charge in [-0.05, 0) is 54.6 Å². The van der Waals surface area contributed by atoms with Gasteiger partial charge in [0.2, 0.25) is 0 Å². The Morgan fingerprint density at radius 1 is 1.21 bits per heavy atom. The van der Waals surface area contributed by atoms with Crippen molar-refractivity contribution in [3.63, 3.8) is 0 Å². The van der Waals surface area contributed by atoms with Gasteiger partial charge < -0.3 is 10.1 Å². The Hall–Kier alpha value is -1.51. The summed E-state index contributed by atoms with van der Waals surface area (Å²) in [6.07, 6.45) is 7.69. The van der Waals surface area contributed by atoms with Crippen molar-refractivity contribution in [1.82, 2.24) is 5.32 Å². The summed E-state index contributed by atoms with van der Waals surface area (Å²) in [5.41, 5.74) is 1.65. The van der Waals surface area contributed by atoms with Crippen molar-refractivity contribution in [2.75, 3.05) is 6.54 Å². The second kappa shape index (κ2) is 8.04. The number of carbonyl (C=O) groups is 1. The molecule has 0 saturated heterocycles. The first kappa shape index (κ1) is 18.8. The molecular formula is C21H33NO2. The van der Waals surface area contributed by atoms with E-state index in [1.807, 2.05) is 24.3 Å². The molecule has 3 nitrogen and oxygen atoms in total. The molecule has 0 spiro atoms. The van der Waals surface area contributed by atoms with Gasteiger partial charge in [0.25, 0.3) is 0 Å². The number of carbonyl (C=O) groups excluding carboxylic acids is 1. The molecule has 24 heavy (non-hydrogen) atoms. The lowest BCUT2D eigenvalue weighted by atomic mass is 9.64. The SMILES string of the molecule is CCCCc1ccccc1OC(=O)NCC1(C)CCCC(C)(C)C1. The maximum absolute atomic E-state index is 12.3. The van der Waals surface area contributed by atoms with Gasteiger partial charge in [0.1, 0.15) is 5.75 Å².